The highest BCUT2D eigenvalue weighted by Crippen LogP contribution is 2.29. The van der Waals surface area contributed by atoms with Gasteiger partial charge in [0, 0.05) is 6.54 Å². The van der Waals surface area contributed by atoms with Crippen molar-refractivity contribution in [2.24, 2.45) is 0 Å². The molecular weight excluding hydrogens is 344 g/mol. The number of imide groups is 1. The van der Waals surface area contributed by atoms with Crippen LogP contribution in [0, 0.1) is 6.92 Å². The number of carbonyl (C=O) groups excluding carboxylic acids is 2. The number of ether oxygens (including phenoxy) is 2. The van der Waals surface area contributed by atoms with Crippen molar-refractivity contribution >= 4 is 11.9 Å². The molecule has 1 fully saturated rings. The average Bonchev–Trinajstić information content (AvgIpc) is 2.89. The fourth-order valence-corrected chi connectivity index (χ4v) is 3.07. The zero-order valence-electron chi connectivity index (χ0n) is 15.8. The number of hydrogen-bond donors (Lipinski definition) is 1. The molecule has 0 aliphatic carbocycles. The van der Waals surface area contributed by atoms with Crippen molar-refractivity contribution in [2.75, 3.05) is 20.3 Å². The zero-order valence-corrected chi connectivity index (χ0v) is 15.8. The highest BCUT2D eigenvalue weighted by Gasteiger charge is 2.48. The van der Waals surface area contributed by atoms with Crippen LogP contribution in [0.15, 0.2) is 48.5 Å². The second kappa shape index (κ2) is 7.70. The molecule has 0 spiro atoms. The van der Waals surface area contributed by atoms with Crippen LogP contribution in [0.3, 0.4) is 0 Å². The van der Waals surface area contributed by atoms with Gasteiger partial charge >= 0.3 is 6.03 Å². The van der Waals surface area contributed by atoms with Crippen LogP contribution < -0.4 is 14.8 Å². The molecule has 0 radical (unpaired) electrons. The van der Waals surface area contributed by atoms with Gasteiger partial charge in [-0.15, -0.1) is 0 Å². The minimum atomic E-state index is -1.03. The standard InChI is InChI=1S/C21H24N2O4/c1-15-5-7-16(8-6-15)21(2)19(24)23(20(25)22-21)13-4-14-27-18-11-9-17(26-3)10-12-18/h5-12H,4,13-14H2,1-3H3,(H,22,25). The fraction of sp³-hybridized carbons (Fsp3) is 0.333. The molecule has 3 amide bonds. The lowest BCUT2D eigenvalue weighted by atomic mass is 9.91. The van der Waals surface area contributed by atoms with Crippen molar-refractivity contribution in [3.05, 3.63) is 59.7 Å². The molecule has 1 heterocycles. The molecule has 27 heavy (non-hydrogen) atoms. The summed E-state index contributed by atoms with van der Waals surface area (Å²) in [5.74, 6) is 1.25. The molecule has 1 aliphatic heterocycles. The predicted octanol–water partition coefficient (Wildman–Crippen LogP) is 3.24. The van der Waals surface area contributed by atoms with Gasteiger partial charge < -0.3 is 14.8 Å². The first-order valence-electron chi connectivity index (χ1n) is 8.92. The Kier molecular flexibility index (Phi) is 5.35. The van der Waals surface area contributed by atoms with Crippen LogP contribution in [0.1, 0.15) is 24.5 Å². The summed E-state index contributed by atoms with van der Waals surface area (Å²) in [6, 6.07) is 14.5. The van der Waals surface area contributed by atoms with Gasteiger partial charge in [0.1, 0.15) is 17.0 Å². The van der Waals surface area contributed by atoms with E-state index in [4.69, 9.17) is 9.47 Å². The van der Waals surface area contributed by atoms with Crippen molar-refractivity contribution in [3.8, 4) is 11.5 Å². The summed E-state index contributed by atoms with van der Waals surface area (Å²) < 4.78 is 10.8. The lowest BCUT2D eigenvalue weighted by Gasteiger charge is -2.22. The topological polar surface area (TPSA) is 67.9 Å². The van der Waals surface area contributed by atoms with Crippen molar-refractivity contribution in [1.29, 1.82) is 0 Å². The van der Waals surface area contributed by atoms with Crippen LogP contribution in [0.25, 0.3) is 0 Å². The monoisotopic (exact) mass is 368 g/mol. The molecule has 142 valence electrons. The maximum absolute atomic E-state index is 12.8. The number of hydrogen-bond acceptors (Lipinski definition) is 4. The van der Waals surface area contributed by atoms with Crippen molar-refractivity contribution < 1.29 is 19.1 Å². The molecule has 1 atom stereocenters. The van der Waals surface area contributed by atoms with Gasteiger partial charge in [0.15, 0.2) is 0 Å². The molecule has 1 saturated heterocycles. The molecule has 6 heteroatoms. The molecule has 2 aromatic rings. The van der Waals surface area contributed by atoms with Crippen LogP contribution in [0.4, 0.5) is 4.79 Å². The fourth-order valence-electron chi connectivity index (χ4n) is 3.07. The van der Waals surface area contributed by atoms with Crippen molar-refractivity contribution in [3.63, 3.8) is 0 Å². The van der Waals surface area contributed by atoms with Gasteiger partial charge in [0.2, 0.25) is 0 Å². The van der Waals surface area contributed by atoms with E-state index in [1.165, 1.54) is 4.90 Å². The van der Waals surface area contributed by atoms with Crippen LogP contribution >= 0.6 is 0 Å². The first-order valence-corrected chi connectivity index (χ1v) is 8.92. The molecule has 3 rings (SSSR count). The maximum Gasteiger partial charge on any atom is 0.325 e. The Hall–Kier alpha value is -3.02. The third-order valence-electron chi connectivity index (χ3n) is 4.76. The molecule has 1 N–H and O–H groups in total. The van der Waals surface area contributed by atoms with E-state index in [0.717, 1.165) is 22.6 Å². The SMILES string of the molecule is COc1ccc(OCCCN2C(=O)NC(C)(c3ccc(C)cc3)C2=O)cc1. The second-order valence-electron chi connectivity index (χ2n) is 6.76. The van der Waals surface area contributed by atoms with Gasteiger partial charge in [-0.2, -0.15) is 0 Å². The number of amides is 3. The highest BCUT2D eigenvalue weighted by molar-refractivity contribution is 6.07. The molecule has 1 aliphatic rings. The lowest BCUT2D eigenvalue weighted by Crippen LogP contribution is -2.41. The number of urea groups is 1. The van der Waals surface area contributed by atoms with E-state index in [2.05, 4.69) is 5.32 Å². The summed E-state index contributed by atoms with van der Waals surface area (Å²) in [7, 11) is 1.61. The Morgan fingerprint density at radius 2 is 1.63 bits per heavy atom. The summed E-state index contributed by atoms with van der Waals surface area (Å²) in [6.45, 7) is 4.44. The summed E-state index contributed by atoms with van der Waals surface area (Å²) in [5.41, 5.74) is 0.858. The molecule has 2 aromatic carbocycles. The highest BCUT2D eigenvalue weighted by atomic mass is 16.5. The Labute approximate surface area is 159 Å². The van der Waals surface area contributed by atoms with Gasteiger partial charge in [0.05, 0.1) is 13.7 Å². The maximum atomic E-state index is 12.8. The normalized spacial score (nSPS) is 19.1. The third kappa shape index (κ3) is 3.89. The van der Waals surface area contributed by atoms with E-state index in [1.807, 2.05) is 55.5 Å². The van der Waals surface area contributed by atoms with Gasteiger partial charge in [-0.1, -0.05) is 29.8 Å². The van der Waals surface area contributed by atoms with E-state index >= 15 is 0 Å². The average molecular weight is 368 g/mol. The predicted molar refractivity (Wildman–Crippen MR) is 102 cm³/mol. The largest absolute Gasteiger partial charge is 0.497 e. The van der Waals surface area contributed by atoms with E-state index in [0.29, 0.717) is 19.6 Å². The lowest BCUT2D eigenvalue weighted by molar-refractivity contribution is -0.131. The minimum Gasteiger partial charge on any atom is -0.497 e. The first kappa shape index (κ1) is 18.8. The smallest absolute Gasteiger partial charge is 0.325 e. The number of rotatable bonds is 7. The second-order valence-corrected chi connectivity index (χ2v) is 6.76. The van der Waals surface area contributed by atoms with Gasteiger partial charge in [-0.3, -0.25) is 9.69 Å². The summed E-state index contributed by atoms with van der Waals surface area (Å²) >= 11 is 0. The van der Waals surface area contributed by atoms with Crippen molar-refractivity contribution in [1.82, 2.24) is 10.2 Å². The zero-order chi connectivity index (χ0) is 19.4. The number of benzene rings is 2. The Morgan fingerprint density at radius 3 is 2.26 bits per heavy atom. The molecule has 0 bridgehead atoms. The van der Waals surface area contributed by atoms with Crippen LogP contribution in [-0.4, -0.2) is 37.1 Å². The van der Waals surface area contributed by atoms with Crippen LogP contribution in [-0.2, 0) is 10.3 Å². The van der Waals surface area contributed by atoms with E-state index < -0.39 is 5.54 Å². The number of nitrogens with one attached hydrogen (secondary N) is 1. The third-order valence-corrected chi connectivity index (χ3v) is 4.76. The summed E-state index contributed by atoms with van der Waals surface area (Å²) in [5, 5.41) is 2.82. The molecule has 6 nitrogen and oxygen atoms in total. The molecule has 0 saturated carbocycles. The van der Waals surface area contributed by atoms with Crippen LogP contribution in [0.5, 0.6) is 11.5 Å². The minimum absolute atomic E-state index is 0.235. The summed E-state index contributed by atoms with van der Waals surface area (Å²) in [6.07, 6.45) is 0.551. The molecule has 0 aromatic heterocycles. The molecule has 1 unspecified atom stereocenters. The van der Waals surface area contributed by atoms with E-state index in [-0.39, 0.29) is 11.9 Å². The van der Waals surface area contributed by atoms with Gasteiger partial charge in [-0.05, 0) is 50.1 Å². The summed E-state index contributed by atoms with van der Waals surface area (Å²) in [4.78, 5) is 26.4. The van der Waals surface area contributed by atoms with Crippen LogP contribution in [0.2, 0.25) is 0 Å². The number of methoxy groups -OCH3 is 1. The number of nitrogens with zero attached hydrogens (tertiary/aromatic N) is 1. The quantitative estimate of drug-likeness (QED) is 0.602. The van der Waals surface area contributed by atoms with Crippen molar-refractivity contribution in [2.45, 2.75) is 25.8 Å². The Bertz CT molecular complexity index is 817. The first-order chi connectivity index (χ1) is 12.9. The Balaban J connectivity index is 1.56. The van der Waals surface area contributed by atoms with Gasteiger partial charge in [-0.25, -0.2) is 4.79 Å². The molecular formula is C21H24N2O4. The number of carbonyl (C=O) groups is 2. The number of aryl methyl sites for hydroxylation is 1. The van der Waals surface area contributed by atoms with E-state index in [1.54, 1.807) is 14.0 Å². The van der Waals surface area contributed by atoms with Gasteiger partial charge in [0.25, 0.3) is 5.91 Å². The van der Waals surface area contributed by atoms with E-state index in [9.17, 15) is 9.59 Å². The Morgan fingerprint density at radius 1 is 1.00 bits per heavy atom.